The van der Waals surface area contributed by atoms with Crippen molar-refractivity contribution in [2.24, 2.45) is 0 Å². The number of nitrogens with one attached hydrogen (secondary N) is 1. The SMILES string of the molecule is Cc1noc(C)c1CN(C)Cn1nc(NC2CCCCC2)sc1=S. The molecule has 6 nitrogen and oxygen atoms in total. The Morgan fingerprint density at radius 1 is 1.33 bits per heavy atom. The van der Waals surface area contributed by atoms with E-state index in [0.717, 1.165) is 32.6 Å². The number of hydrogen-bond donors (Lipinski definition) is 1. The molecule has 1 aliphatic carbocycles. The standard InChI is InChI=1S/C16H25N5OS2/c1-11-14(12(2)22-19-11)9-20(3)10-21-16(23)24-15(18-21)17-13-7-5-4-6-8-13/h13H,4-10H2,1-3H3,(H,17,18). The van der Waals surface area contributed by atoms with Gasteiger partial charge in [0, 0.05) is 18.2 Å². The smallest absolute Gasteiger partial charge is 0.204 e. The van der Waals surface area contributed by atoms with Gasteiger partial charge in [0.2, 0.25) is 5.13 Å². The maximum atomic E-state index is 5.48. The summed E-state index contributed by atoms with van der Waals surface area (Å²) >= 11 is 7.04. The summed E-state index contributed by atoms with van der Waals surface area (Å²) in [6.45, 7) is 5.35. The molecule has 3 rings (SSSR count). The molecule has 0 aliphatic heterocycles. The van der Waals surface area contributed by atoms with Gasteiger partial charge in [0.25, 0.3) is 0 Å². The highest BCUT2D eigenvalue weighted by molar-refractivity contribution is 7.73. The summed E-state index contributed by atoms with van der Waals surface area (Å²) in [6, 6.07) is 0.549. The summed E-state index contributed by atoms with van der Waals surface area (Å²) in [5.41, 5.74) is 2.08. The number of nitrogens with zero attached hydrogens (tertiary/aromatic N) is 4. The van der Waals surface area contributed by atoms with Crippen molar-refractivity contribution in [3.8, 4) is 0 Å². The van der Waals surface area contributed by atoms with E-state index in [1.807, 2.05) is 18.5 Å². The van der Waals surface area contributed by atoms with Gasteiger partial charge in [0.15, 0.2) is 3.95 Å². The Bertz CT molecular complexity index is 710. The van der Waals surface area contributed by atoms with Crippen molar-refractivity contribution in [3.05, 3.63) is 21.0 Å². The van der Waals surface area contributed by atoms with Gasteiger partial charge in [-0.15, -0.1) is 5.10 Å². The number of hydrogen-bond acceptors (Lipinski definition) is 7. The molecule has 132 valence electrons. The number of rotatable bonds is 6. The van der Waals surface area contributed by atoms with Crippen LogP contribution in [0.15, 0.2) is 4.52 Å². The Balaban J connectivity index is 1.61. The van der Waals surface area contributed by atoms with Crippen molar-refractivity contribution in [1.29, 1.82) is 0 Å². The van der Waals surface area contributed by atoms with E-state index in [2.05, 4.69) is 27.5 Å². The second-order valence-corrected chi connectivity index (χ2v) is 8.23. The van der Waals surface area contributed by atoms with Gasteiger partial charge in [0.05, 0.1) is 12.4 Å². The van der Waals surface area contributed by atoms with Gasteiger partial charge in [-0.2, -0.15) is 0 Å². The third-order valence-corrected chi connectivity index (χ3v) is 5.76. The minimum atomic E-state index is 0.549. The van der Waals surface area contributed by atoms with Crippen molar-refractivity contribution in [2.45, 2.75) is 65.2 Å². The molecule has 2 aromatic rings. The average molecular weight is 368 g/mol. The fourth-order valence-corrected chi connectivity index (χ4v) is 4.22. The quantitative estimate of drug-likeness (QED) is 0.775. The zero-order chi connectivity index (χ0) is 17.1. The first kappa shape index (κ1) is 17.6. The predicted molar refractivity (Wildman–Crippen MR) is 98.9 cm³/mol. The molecule has 8 heteroatoms. The first-order chi connectivity index (χ1) is 11.5. The average Bonchev–Trinajstić information content (AvgIpc) is 3.05. The first-order valence-electron chi connectivity index (χ1n) is 8.47. The van der Waals surface area contributed by atoms with Crippen LogP contribution >= 0.6 is 23.6 Å². The van der Waals surface area contributed by atoms with Crippen molar-refractivity contribution in [1.82, 2.24) is 19.8 Å². The second-order valence-electron chi connectivity index (χ2n) is 6.61. The van der Waals surface area contributed by atoms with Gasteiger partial charge >= 0.3 is 0 Å². The minimum absolute atomic E-state index is 0.549. The summed E-state index contributed by atoms with van der Waals surface area (Å²) in [6.07, 6.45) is 6.44. The van der Waals surface area contributed by atoms with Crippen LogP contribution in [0, 0.1) is 17.8 Å². The van der Waals surface area contributed by atoms with E-state index in [0.29, 0.717) is 12.7 Å². The van der Waals surface area contributed by atoms with E-state index in [1.54, 1.807) is 11.3 Å². The molecule has 0 aromatic carbocycles. The molecule has 0 bridgehead atoms. The Hall–Kier alpha value is -1.25. The van der Waals surface area contributed by atoms with E-state index in [9.17, 15) is 0 Å². The number of aryl methyl sites for hydroxylation is 2. The lowest BCUT2D eigenvalue weighted by atomic mass is 9.96. The molecule has 0 radical (unpaired) electrons. The highest BCUT2D eigenvalue weighted by atomic mass is 32.1. The zero-order valence-electron chi connectivity index (χ0n) is 14.5. The van der Waals surface area contributed by atoms with Gasteiger partial charge < -0.3 is 9.84 Å². The lowest BCUT2D eigenvalue weighted by Gasteiger charge is -2.22. The van der Waals surface area contributed by atoms with Crippen molar-refractivity contribution in [3.63, 3.8) is 0 Å². The van der Waals surface area contributed by atoms with Crippen molar-refractivity contribution >= 4 is 28.7 Å². The fourth-order valence-electron chi connectivity index (χ4n) is 3.15. The lowest BCUT2D eigenvalue weighted by Crippen LogP contribution is -2.24. The molecule has 1 saturated carbocycles. The van der Waals surface area contributed by atoms with E-state index in [-0.39, 0.29) is 0 Å². The molecule has 0 atom stereocenters. The Morgan fingerprint density at radius 3 is 2.75 bits per heavy atom. The molecule has 1 fully saturated rings. The van der Waals surface area contributed by atoms with Gasteiger partial charge in [-0.25, -0.2) is 4.68 Å². The van der Waals surface area contributed by atoms with Crippen LogP contribution < -0.4 is 5.32 Å². The van der Waals surface area contributed by atoms with Crippen molar-refractivity contribution < 1.29 is 4.52 Å². The number of aromatic nitrogens is 3. The number of anilines is 1. The van der Waals surface area contributed by atoms with E-state index >= 15 is 0 Å². The predicted octanol–water partition coefficient (Wildman–Crippen LogP) is 4.11. The summed E-state index contributed by atoms with van der Waals surface area (Å²) < 4.78 is 7.93. The van der Waals surface area contributed by atoms with Crippen LogP contribution in [-0.2, 0) is 13.2 Å². The summed E-state index contributed by atoms with van der Waals surface area (Å²) in [5.74, 6) is 0.876. The van der Waals surface area contributed by atoms with Crippen LogP contribution in [0.1, 0.15) is 49.1 Å². The van der Waals surface area contributed by atoms with Gasteiger partial charge in [0.1, 0.15) is 5.76 Å². The van der Waals surface area contributed by atoms with Crippen LogP contribution in [0.4, 0.5) is 5.13 Å². The van der Waals surface area contributed by atoms with E-state index in [4.69, 9.17) is 16.7 Å². The Labute approximate surface area is 151 Å². The van der Waals surface area contributed by atoms with Gasteiger partial charge in [-0.3, -0.25) is 4.90 Å². The maximum absolute atomic E-state index is 5.48. The molecule has 0 amide bonds. The van der Waals surface area contributed by atoms with Gasteiger partial charge in [-0.1, -0.05) is 35.8 Å². The molecule has 24 heavy (non-hydrogen) atoms. The summed E-state index contributed by atoms with van der Waals surface area (Å²) in [4.78, 5) is 2.17. The largest absolute Gasteiger partial charge is 0.361 e. The van der Waals surface area contributed by atoms with Crippen LogP contribution in [0.5, 0.6) is 0 Å². The van der Waals surface area contributed by atoms with Gasteiger partial charge in [-0.05, 0) is 46.0 Å². The molecule has 0 unspecified atom stereocenters. The molecular formula is C16H25N5OS2. The summed E-state index contributed by atoms with van der Waals surface area (Å²) in [7, 11) is 2.06. The normalized spacial score (nSPS) is 16.0. The highest BCUT2D eigenvalue weighted by Gasteiger charge is 2.16. The van der Waals surface area contributed by atoms with Crippen LogP contribution in [-0.4, -0.2) is 32.9 Å². The topological polar surface area (TPSA) is 59.1 Å². The van der Waals surface area contributed by atoms with Crippen LogP contribution in [0.2, 0.25) is 0 Å². The van der Waals surface area contributed by atoms with Crippen LogP contribution in [0.3, 0.4) is 0 Å². The second kappa shape index (κ2) is 7.76. The molecule has 0 spiro atoms. The lowest BCUT2D eigenvalue weighted by molar-refractivity contribution is 0.243. The third kappa shape index (κ3) is 4.23. The first-order valence-corrected chi connectivity index (χ1v) is 9.70. The molecule has 1 N–H and O–H groups in total. The molecule has 2 heterocycles. The van der Waals surface area contributed by atoms with Crippen molar-refractivity contribution in [2.75, 3.05) is 12.4 Å². The molecular weight excluding hydrogens is 342 g/mol. The molecule has 0 saturated heterocycles. The maximum Gasteiger partial charge on any atom is 0.204 e. The van der Waals surface area contributed by atoms with E-state index < -0.39 is 0 Å². The highest BCUT2D eigenvalue weighted by Crippen LogP contribution is 2.23. The fraction of sp³-hybridized carbons (Fsp3) is 0.688. The summed E-state index contributed by atoms with van der Waals surface area (Å²) in [5, 5.41) is 13.2. The molecule has 1 aliphatic rings. The van der Waals surface area contributed by atoms with E-state index in [1.165, 1.54) is 32.1 Å². The minimum Gasteiger partial charge on any atom is -0.361 e. The monoisotopic (exact) mass is 367 g/mol. The zero-order valence-corrected chi connectivity index (χ0v) is 16.2. The Kier molecular flexibility index (Phi) is 5.68. The van der Waals surface area contributed by atoms with Crippen LogP contribution in [0.25, 0.3) is 0 Å². The molecule has 2 aromatic heterocycles. The third-order valence-electron chi connectivity index (χ3n) is 4.52. The Morgan fingerprint density at radius 2 is 2.08 bits per heavy atom.